The lowest BCUT2D eigenvalue weighted by Crippen LogP contribution is -2.54. The number of morpholine rings is 1. The van der Waals surface area contributed by atoms with Gasteiger partial charge in [-0.1, -0.05) is 6.07 Å². The van der Waals surface area contributed by atoms with Crippen LogP contribution < -0.4 is 5.73 Å². The monoisotopic (exact) mass is 357 g/mol. The highest BCUT2D eigenvalue weighted by Crippen LogP contribution is 2.29. The Kier molecular flexibility index (Phi) is 4.53. The van der Waals surface area contributed by atoms with Gasteiger partial charge in [-0.15, -0.1) is 0 Å². The largest absolute Gasteiger partial charge is 0.377 e. The van der Waals surface area contributed by atoms with Gasteiger partial charge in [-0.3, -0.25) is 19.7 Å². The third-order valence-corrected chi connectivity index (χ3v) is 3.96. The summed E-state index contributed by atoms with van der Waals surface area (Å²) in [5, 5.41) is 10.9. The topological polar surface area (TPSA) is 116 Å². The number of rotatable bonds is 3. The molecule has 0 bridgehead atoms. The van der Waals surface area contributed by atoms with Crippen LogP contribution >= 0.6 is 15.9 Å². The fourth-order valence-corrected chi connectivity index (χ4v) is 2.64. The second-order valence-electron chi connectivity index (χ2n) is 4.39. The van der Waals surface area contributed by atoms with Gasteiger partial charge in [-0.05, 0) is 22.0 Å². The van der Waals surface area contributed by atoms with E-state index in [4.69, 9.17) is 10.5 Å². The van der Waals surface area contributed by atoms with Gasteiger partial charge in [0, 0.05) is 12.6 Å². The summed E-state index contributed by atoms with van der Waals surface area (Å²) in [7, 11) is 0. The Labute approximate surface area is 128 Å². The van der Waals surface area contributed by atoms with Crippen LogP contribution in [0.15, 0.2) is 22.7 Å². The normalized spacial score (nSPS) is 18.3. The predicted molar refractivity (Wildman–Crippen MR) is 75.6 cm³/mol. The minimum Gasteiger partial charge on any atom is -0.377 e. The van der Waals surface area contributed by atoms with E-state index in [1.54, 1.807) is 0 Å². The summed E-state index contributed by atoms with van der Waals surface area (Å²) in [5.74, 6) is -1.18. The summed E-state index contributed by atoms with van der Waals surface area (Å²) >= 11 is 3.07. The summed E-state index contributed by atoms with van der Waals surface area (Å²) in [5.41, 5.74) is 5.15. The number of carbonyl (C=O) groups is 2. The molecule has 1 aliphatic rings. The van der Waals surface area contributed by atoms with Gasteiger partial charge in [0.25, 0.3) is 11.6 Å². The van der Waals surface area contributed by atoms with E-state index in [1.807, 2.05) is 0 Å². The zero-order chi connectivity index (χ0) is 15.6. The number of amides is 2. The van der Waals surface area contributed by atoms with Gasteiger partial charge in [0.2, 0.25) is 5.91 Å². The van der Waals surface area contributed by atoms with Crippen LogP contribution in [0.3, 0.4) is 0 Å². The second kappa shape index (κ2) is 6.19. The summed E-state index contributed by atoms with van der Waals surface area (Å²) in [6, 6.07) is 3.27. The number of nitrogens with two attached hydrogens (primary N) is 1. The Hall–Kier alpha value is -2.00. The van der Waals surface area contributed by atoms with Crippen molar-refractivity contribution in [3.63, 3.8) is 0 Å². The molecular formula is C12H12BrN3O5. The van der Waals surface area contributed by atoms with E-state index >= 15 is 0 Å². The van der Waals surface area contributed by atoms with Crippen molar-refractivity contribution in [2.24, 2.45) is 5.73 Å². The lowest BCUT2D eigenvalue weighted by atomic mass is 10.1. The van der Waals surface area contributed by atoms with Gasteiger partial charge in [0.15, 0.2) is 0 Å². The van der Waals surface area contributed by atoms with Crippen molar-refractivity contribution in [3.8, 4) is 0 Å². The molecule has 0 spiro atoms. The van der Waals surface area contributed by atoms with E-state index in [9.17, 15) is 19.7 Å². The quantitative estimate of drug-likeness (QED) is 0.630. The van der Waals surface area contributed by atoms with E-state index in [-0.39, 0.29) is 35.5 Å². The van der Waals surface area contributed by atoms with E-state index in [1.165, 1.54) is 23.1 Å². The maximum Gasteiger partial charge on any atom is 0.284 e. The first-order valence-corrected chi connectivity index (χ1v) is 6.83. The summed E-state index contributed by atoms with van der Waals surface area (Å²) < 4.78 is 5.22. The lowest BCUT2D eigenvalue weighted by Gasteiger charge is -2.33. The zero-order valence-corrected chi connectivity index (χ0v) is 12.4. The van der Waals surface area contributed by atoms with Crippen molar-refractivity contribution < 1.29 is 19.2 Å². The molecule has 1 fully saturated rings. The van der Waals surface area contributed by atoms with E-state index in [2.05, 4.69) is 15.9 Å². The Bertz CT molecular complexity index is 607. The van der Waals surface area contributed by atoms with E-state index < -0.39 is 22.8 Å². The van der Waals surface area contributed by atoms with Crippen molar-refractivity contribution in [3.05, 3.63) is 38.3 Å². The van der Waals surface area contributed by atoms with Gasteiger partial charge in [-0.2, -0.15) is 0 Å². The van der Waals surface area contributed by atoms with Crippen molar-refractivity contribution in [1.29, 1.82) is 0 Å². The van der Waals surface area contributed by atoms with Crippen molar-refractivity contribution in [1.82, 2.24) is 4.90 Å². The third-order valence-electron chi connectivity index (χ3n) is 3.12. The first-order chi connectivity index (χ1) is 9.93. The lowest BCUT2D eigenvalue weighted by molar-refractivity contribution is -0.385. The molecule has 2 N–H and O–H groups in total. The molecule has 1 aromatic rings. The highest BCUT2D eigenvalue weighted by atomic mass is 79.9. The Morgan fingerprint density at radius 2 is 2.19 bits per heavy atom. The van der Waals surface area contributed by atoms with Crippen LogP contribution in [0.5, 0.6) is 0 Å². The number of hydrogen-bond donors (Lipinski definition) is 1. The van der Waals surface area contributed by atoms with Crippen LogP contribution in [0.2, 0.25) is 0 Å². The number of carbonyl (C=O) groups excluding carboxylic acids is 2. The summed E-state index contributed by atoms with van der Waals surface area (Å²) in [6.45, 7) is 0.497. The molecule has 9 heteroatoms. The molecule has 8 nitrogen and oxygen atoms in total. The number of nitrogens with zero attached hydrogens (tertiary/aromatic N) is 2. The average Bonchev–Trinajstić information content (AvgIpc) is 2.46. The number of benzene rings is 1. The molecule has 2 amide bonds. The van der Waals surface area contributed by atoms with Crippen molar-refractivity contribution in [2.75, 3.05) is 19.8 Å². The summed E-state index contributed by atoms with van der Waals surface area (Å²) in [4.78, 5) is 35.5. The summed E-state index contributed by atoms with van der Waals surface area (Å²) in [6.07, 6.45) is 0. The van der Waals surface area contributed by atoms with Crippen molar-refractivity contribution in [2.45, 2.75) is 6.04 Å². The minimum absolute atomic E-state index is 0.0214. The van der Waals surface area contributed by atoms with Crippen LogP contribution in [0.25, 0.3) is 0 Å². The molecule has 2 rings (SSSR count). The van der Waals surface area contributed by atoms with Crippen LogP contribution in [-0.2, 0) is 9.53 Å². The van der Waals surface area contributed by atoms with Crippen LogP contribution in [-0.4, -0.2) is 47.4 Å². The Morgan fingerprint density at radius 1 is 1.48 bits per heavy atom. The van der Waals surface area contributed by atoms with Gasteiger partial charge >= 0.3 is 0 Å². The van der Waals surface area contributed by atoms with Crippen molar-refractivity contribution >= 4 is 33.4 Å². The minimum atomic E-state index is -0.877. The molecule has 0 aromatic heterocycles. The number of primary amides is 1. The maximum atomic E-state index is 12.5. The molecule has 0 aliphatic carbocycles. The molecular weight excluding hydrogens is 346 g/mol. The molecule has 0 radical (unpaired) electrons. The maximum absolute atomic E-state index is 12.5. The number of hydrogen-bond acceptors (Lipinski definition) is 5. The third kappa shape index (κ3) is 3.03. The molecule has 1 heterocycles. The SMILES string of the molecule is NC(=O)C1COCCN1C(=O)c1cccc([N+](=O)[O-])c1Br. The number of nitro benzene ring substituents is 1. The fraction of sp³-hybridized carbons (Fsp3) is 0.333. The highest BCUT2D eigenvalue weighted by molar-refractivity contribution is 9.10. The second-order valence-corrected chi connectivity index (χ2v) is 5.18. The van der Waals surface area contributed by atoms with Crippen LogP contribution in [0, 0.1) is 10.1 Å². The number of ether oxygens (including phenoxy) is 1. The first-order valence-electron chi connectivity index (χ1n) is 6.04. The molecule has 1 unspecified atom stereocenters. The standard InChI is InChI=1S/C12H12BrN3O5/c13-10-7(2-1-3-8(10)16(19)20)12(18)15-4-5-21-6-9(15)11(14)17/h1-3,9H,4-6H2,(H2,14,17). The molecule has 1 saturated heterocycles. The Morgan fingerprint density at radius 3 is 2.81 bits per heavy atom. The molecule has 1 aliphatic heterocycles. The van der Waals surface area contributed by atoms with Gasteiger partial charge in [0.05, 0.1) is 23.7 Å². The van der Waals surface area contributed by atoms with Gasteiger partial charge in [-0.25, -0.2) is 0 Å². The smallest absolute Gasteiger partial charge is 0.284 e. The molecule has 1 aromatic carbocycles. The van der Waals surface area contributed by atoms with Gasteiger partial charge in [0.1, 0.15) is 10.5 Å². The number of nitro groups is 1. The molecule has 0 saturated carbocycles. The highest BCUT2D eigenvalue weighted by Gasteiger charge is 2.33. The molecule has 112 valence electrons. The first kappa shape index (κ1) is 15.4. The van der Waals surface area contributed by atoms with Crippen LogP contribution in [0.4, 0.5) is 5.69 Å². The van der Waals surface area contributed by atoms with Crippen LogP contribution in [0.1, 0.15) is 10.4 Å². The average molecular weight is 358 g/mol. The zero-order valence-electron chi connectivity index (χ0n) is 10.8. The molecule has 1 atom stereocenters. The predicted octanol–water partition coefficient (Wildman–Crippen LogP) is 0.684. The van der Waals surface area contributed by atoms with Gasteiger partial charge < -0.3 is 15.4 Å². The molecule has 21 heavy (non-hydrogen) atoms. The fourth-order valence-electron chi connectivity index (χ4n) is 2.06. The Balaban J connectivity index is 2.37. The van der Waals surface area contributed by atoms with E-state index in [0.29, 0.717) is 0 Å². The van der Waals surface area contributed by atoms with E-state index in [0.717, 1.165) is 0 Å². The number of halogens is 1.